The smallest absolute Gasteiger partial charge is 0.148 e. The van der Waals surface area contributed by atoms with E-state index in [0.29, 0.717) is 6.29 Å². The summed E-state index contributed by atoms with van der Waals surface area (Å²) in [6.07, 6.45) is 0.760. The molecule has 0 fully saturated rings. The maximum absolute atomic E-state index is 10.2. The molecule has 0 aromatic carbocycles. The highest BCUT2D eigenvalue weighted by molar-refractivity contribution is 6.31. The fraction of sp³-hybridized carbons (Fsp3) is 0.600. The van der Waals surface area contributed by atoms with Gasteiger partial charge >= 0.3 is 0 Å². The van der Waals surface area contributed by atoms with Gasteiger partial charge in [0.05, 0.1) is 5.38 Å². The third kappa shape index (κ3) is 2.75. The third-order valence-electron chi connectivity index (χ3n) is 0.744. The van der Waals surface area contributed by atoms with Crippen molar-refractivity contribution in [1.29, 1.82) is 0 Å². The van der Waals surface area contributed by atoms with E-state index in [2.05, 4.69) is 0 Å². The van der Waals surface area contributed by atoms with Crippen LogP contribution in [0.15, 0.2) is 0 Å². The number of carbonyl (C=O) groups is 2. The third-order valence-corrected chi connectivity index (χ3v) is 1.23. The number of carbonyl (C=O) groups excluding carboxylic acids is 2. The molecule has 0 aliphatic heterocycles. The molecule has 0 aliphatic carbocycles. The van der Waals surface area contributed by atoms with E-state index >= 15 is 0 Å². The van der Waals surface area contributed by atoms with Crippen molar-refractivity contribution in [2.45, 2.75) is 18.7 Å². The summed E-state index contributed by atoms with van der Waals surface area (Å²) in [6, 6.07) is 0. The van der Waals surface area contributed by atoms with Gasteiger partial charge in [-0.15, -0.1) is 11.6 Å². The molecular formula is C5H7ClO2. The monoisotopic (exact) mass is 134 g/mol. The molecule has 0 aromatic heterocycles. The average molecular weight is 135 g/mol. The number of hydrogen-bond donors (Lipinski definition) is 0. The van der Waals surface area contributed by atoms with Gasteiger partial charge in [0, 0.05) is 6.42 Å². The van der Waals surface area contributed by atoms with Crippen molar-refractivity contribution in [3.05, 3.63) is 0 Å². The van der Waals surface area contributed by atoms with Crippen LogP contribution in [-0.2, 0) is 9.59 Å². The summed E-state index contributed by atoms with van der Waals surface area (Å²) in [5, 5.41) is -0.618. The topological polar surface area (TPSA) is 34.1 Å². The van der Waals surface area contributed by atoms with Gasteiger partial charge in [-0.05, 0) is 6.92 Å². The fourth-order valence-electron chi connectivity index (χ4n) is 0.250. The van der Waals surface area contributed by atoms with E-state index < -0.39 is 5.38 Å². The SMILES string of the molecule is CC(=O)C(Cl)CC=O. The van der Waals surface area contributed by atoms with Crippen molar-refractivity contribution in [2.24, 2.45) is 0 Å². The molecule has 1 unspecified atom stereocenters. The lowest BCUT2D eigenvalue weighted by molar-refractivity contribution is -0.118. The molecule has 0 rings (SSSR count). The minimum Gasteiger partial charge on any atom is -0.303 e. The molecule has 0 saturated heterocycles. The van der Waals surface area contributed by atoms with E-state index in [4.69, 9.17) is 11.6 Å². The van der Waals surface area contributed by atoms with Gasteiger partial charge in [0.2, 0.25) is 0 Å². The zero-order chi connectivity index (χ0) is 6.57. The van der Waals surface area contributed by atoms with Crippen LogP contribution in [-0.4, -0.2) is 17.4 Å². The van der Waals surface area contributed by atoms with E-state index in [9.17, 15) is 9.59 Å². The molecule has 0 N–H and O–H groups in total. The first-order valence-electron chi connectivity index (χ1n) is 2.26. The van der Waals surface area contributed by atoms with Crippen LogP contribution in [0, 0.1) is 0 Å². The molecule has 0 bridgehead atoms. The highest BCUT2D eigenvalue weighted by Crippen LogP contribution is 1.99. The number of ketones is 1. The van der Waals surface area contributed by atoms with Crippen molar-refractivity contribution in [3.8, 4) is 0 Å². The number of halogens is 1. The van der Waals surface area contributed by atoms with Gasteiger partial charge < -0.3 is 4.79 Å². The van der Waals surface area contributed by atoms with Crippen LogP contribution in [0.1, 0.15) is 13.3 Å². The Bertz CT molecular complexity index is 101. The molecule has 0 saturated carbocycles. The molecule has 46 valence electrons. The number of rotatable bonds is 3. The molecule has 0 radical (unpaired) electrons. The minimum absolute atomic E-state index is 0.122. The van der Waals surface area contributed by atoms with E-state index in [-0.39, 0.29) is 12.2 Å². The summed E-state index contributed by atoms with van der Waals surface area (Å²) in [5.41, 5.74) is 0. The molecule has 8 heavy (non-hydrogen) atoms. The maximum Gasteiger partial charge on any atom is 0.148 e. The van der Waals surface area contributed by atoms with Gasteiger partial charge in [-0.25, -0.2) is 0 Å². The van der Waals surface area contributed by atoms with E-state index in [1.54, 1.807) is 0 Å². The van der Waals surface area contributed by atoms with E-state index in [1.165, 1.54) is 6.92 Å². The Hall–Kier alpha value is -0.370. The quantitative estimate of drug-likeness (QED) is 0.422. The highest BCUT2D eigenvalue weighted by Gasteiger charge is 2.07. The molecule has 0 spiro atoms. The molecule has 0 aliphatic rings. The summed E-state index contributed by atoms with van der Waals surface area (Å²) in [7, 11) is 0. The van der Waals surface area contributed by atoms with E-state index in [0.717, 1.165) is 0 Å². The first-order valence-corrected chi connectivity index (χ1v) is 2.70. The molecule has 0 amide bonds. The van der Waals surface area contributed by atoms with Crippen LogP contribution in [0.5, 0.6) is 0 Å². The van der Waals surface area contributed by atoms with Gasteiger partial charge in [-0.3, -0.25) is 4.79 Å². The lowest BCUT2D eigenvalue weighted by atomic mass is 10.2. The molecule has 3 heteroatoms. The molecule has 1 atom stereocenters. The van der Waals surface area contributed by atoms with Gasteiger partial charge in [0.25, 0.3) is 0 Å². The number of Topliss-reactive ketones (excluding diaryl/α,β-unsaturated/α-hetero) is 1. The Balaban J connectivity index is 3.46. The van der Waals surface area contributed by atoms with Gasteiger partial charge in [-0.1, -0.05) is 0 Å². The summed E-state index contributed by atoms with van der Waals surface area (Å²) >= 11 is 5.34. The maximum atomic E-state index is 10.2. The number of aldehydes is 1. The van der Waals surface area contributed by atoms with Crippen molar-refractivity contribution >= 4 is 23.7 Å². The van der Waals surface area contributed by atoms with Crippen molar-refractivity contribution in [1.82, 2.24) is 0 Å². The first kappa shape index (κ1) is 7.63. The normalized spacial score (nSPS) is 12.8. The van der Waals surface area contributed by atoms with E-state index in [1.807, 2.05) is 0 Å². The van der Waals surface area contributed by atoms with Crippen LogP contribution in [0.4, 0.5) is 0 Å². The van der Waals surface area contributed by atoms with Crippen LogP contribution in [0.3, 0.4) is 0 Å². The number of alkyl halides is 1. The number of hydrogen-bond acceptors (Lipinski definition) is 2. The van der Waals surface area contributed by atoms with Gasteiger partial charge in [-0.2, -0.15) is 0 Å². The highest BCUT2D eigenvalue weighted by atomic mass is 35.5. The lowest BCUT2D eigenvalue weighted by Crippen LogP contribution is -2.09. The van der Waals surface area contributed by atoms with Crippen LogP contribution < -0.4 is 0 Å². The second kappa shape index (κ2) is 3.61. The molecular weight excluding hydrogens is 128 g/mol. The molecule has 0 heterocycles. The van der Waals surface area contributed by atoms with Gasteiger partial charge in [0.1, 0.15) is 12.1 Å². The average Bonchev–Trinajstić information content (AvgIpc) is 1.67. The Morgan fingerprint density at radius 2 is 2.38 bits per heavy atom. The Morgan fingerprint density at radius 3 is 2.50 bits per heavy atom. The Morgan fingerprint density at radius 1 is 1.88 bits per heavy atom. The fourth-order valence-corrected chi connectivity index (χ4v) is 0.323. The minimum atomic E-state index is -0.618. The first-order chi connectivity index (χ1) is 3.68. The zero-order valence-electron chi connectivity index (χ0n) is 4.56. The standard InChI is InChI=1S/C5H7ClO2/c1-4(8)5(6)2-3-7/h3,5H,2H2,1H3. The zero-order valence-corrected chi connectivity index (χ0v) is 5.31. The summed E-state index contributed by atoms with van der Waals surface area (Å²) in [6.45, 7) is 1.36. The Labute approximate surface area is 52.8 Å². The van der Waals surface area contributed by atoms with Crippen molar-refractivity contribution in [3.63, 3.8) is 0 Å². The second-order valence-electron chi connectivity index (χ2n) is 1.48. The largest absolute Gasteiger partial charge is 0.303 e. The van der Waals surface area contributed by atoms with Crippen molar-refractivity contribution < 1.29 is 9.59 Å². The van der Waals surface area contributed by atoms with Crippen molar-refractivity contribution in [2.75, 3.05) is 0 Å². The Kier molecular flexibility index (Phi) is 3.44. The molecule has 0 aromatic rings. The second-order valence-corrected chi connectivity index (χ2v) is 2.01. The van der Waals surface area contributed by atoms with Crippen LogP contribution in [0.2, 0.25) is 0 Å². The summed E-state index contributed by atoms with van der Waals surface area (Å²) in [5.74, 6) is -0.154. The predicted octanol–water partition coefficient (Wildman–Crippen LogP) is 0.772. The summed E-state index contributed by atoms with van der Waals surface area (Å²) < 4.78 is 0. The molecule has 2 nitrogen and oxygen atoms in total. The van der Waals surface area contributed by atoms with Crippen LogP contribution in [0.25, 0.3) is 0 Å². The summed E-state index contributed by atoms with van der Waals surface area (Å²) in [4.78, 5) is 19.9. The van der Waals surface area contributed by atoms with Crippen LogP contribution >= 0.6 is 11.6 Å². The predicted molar refractivity (Wildman–Crippen MR) is 31.0 cm³/mol. The van der Waals surface area contributed by atoms with Gasteiger partial charge in [0.15, 0.2) is 0 Å². The lowest BCUT2D eigenvalue weighted by Gasteiger charge is -1.94.